The lowest BCUT2D eigenvalue weighted by Gasteiger charge is -2.10. The van der Waals surface area contributed by atoms with E-state index in [1.807, 2.05) is 19.1 Å². The van der Waals surface area contributed by atoms with Crippen LogP contribution in [0, 0.1) is 6.92 Å². The summed E-state index contributed by atoms with van der Waals surface area (Å²) in [6.45, 7) is 4.73. The number of rotatable bonds is 5. The molecule has 1 heterocycles. The van der Waals surface area contributed by atoms with Crippen LogP contribution in [-0.4, -0.2) is 30.9 Å². The Morgan fingerprint density at radius 2 is 2.20 bits per heavy atom. The molecule has 1 aliphatic heterocycles. The highest BCUT2D eigenvalue weighted by molar-refractivity contribution is 5.98. The van der Waals surface area contributed by atoms with Crippen LogP contribution in [-0.2, 0) is 16.0 Å². The number of benzene rings is 1. The van der Waals surface area contributed by atoms with Crippen LogP contribution < -0.4 is 5.32 Å². The fourth-order valence-corrected chi connectivity index (χ4v) is 2.47. The Hall–Kier alpha value is -1.68. The molecule has 1 aromatic carbocycles. The van der Waals surface area contributed by atoms with E-state index in [0.29, 0.717) is 5.56 Å². The van der Waals surface area contributed by atoms with Gasteiger partial charge in [0.1, 0.15) is 6.04 Å². The standard InChI is InChI=1S/C16H21NO3/c1-3-12-6-7-13(9-11(12)2)15(18)10-20-16(19)14-5-4-8-17-14/h6-7,9,14,17H,3-5,8,10H2,1-2H3. The summed E-state index contributed by atoms with van der Waals surface area (Å²) in [7, 11) is 0. The van der Waals surface area contributed by atoms with Crippen molar-refractivity contribution in [3.8, 4) is 0 Å². The first-order valence-electron chi connectivity index (χ1n) is 7.14. The van der Waals surface area contributed by atoms with Crippen LogP contribution in [0.3, 0.4) is 0 Å². The molecule has 0 aromatic heterocycles. The molecule has 1 unspecified atom stereocenters. The van der Waals surface area contributed by atoms with E-state index >= 15 is 0 Å². The molecule has 0 spiro atoms. The summed E-state index contributed by atoms with van der Waals surface area (Å²) in [4.78, 5) is 23.7. The van der Waals surface area contributed by atoms with Crippen molar-refractivity contribution >= 4 is 11.8 Å². The van der Waals surface area contributed by atoms with Crippen molar-refractivity contribution in [2.24, 2.45) is 0 Å². The zero-order valence-corrected chi connectivity index (χ0v) is 12.1. The maximum atomic E-state index is 12.0. The van der Waals surface area contributed by atoms with E-state index in [1.165, 1.54) is 5.56 Å². The molecular formula is C16H21NO3. The van der Waals surface area contributed by atoms with Gasteiger partial charge in [0.15, 0.2) is 12.4 Å². The molecule has 1 aliphatic rings. The lowest BCUT2D eigenvalue weighted by atomic mass is 10.0. The predicted octanol–water partition coefficient (Wildman–Crippen LogP) is 2.04. The Balaban J connectivity index is 1.91. The van der Waals surface area contributed by atoms with E-state index in [9.17, 15) is 9.59 Å². The molecule has 20 heavy (non-hydrogen) atoms. The maximum Gasteiger partial charge on any atom is 0.323 e. The van der Waals surface area contributed by atoms with Crippen molar-refractivity contribution in [1.29, 1.82) is 0 Å². The Bertz CT molecular complexity index is 504. The van der Waals surface area contributed by atoms with Gasteiger partial charge in [0, 0.05) is 5.56 Å². The molecule has 2 rings (SSSR count). The van der Waals surface area contributed by atoms with Crippen LogP contribution in [0.15, 0.2) is 18.2 Å². The van der Waals surface area contributed by atoms with E-state index in [0.717, 1.165) is 31.4 Å². The summed E-state index contributed by atoms with van der Waals surface area (Å²) in [5, 5.41) is 3.06. The number of hydrogen-bond donors (Lipinski definition) is 1. The third-order valence-electron chi connectivity index (χ3n) is 3.74. The Labute approximate surface area is 119 Å². The van der Waals surface area contributed by atoms with Gasteiger partial charge in [-0.2, -0.15) is 0 Å². The lowest BCUT2D eigenvalue weighted by Crippen LogP contribution is -2.33. The Morgan fingerprint density at radius 1 is 1.40 bits per heavy atom. The summed E-state index contributed by atoms with van der Waals surface area (Å²) in [5.41, 5.74) is 2.93. The van der Waals surface area contributed by atoms with Crippen molar-refractivity contribution in [2.75, 3.05) is 13.2 Å². The summed E-state index contributed by atoms with van der Waals surface area (Å²) in [6.07, 6.45) is 2.71. The molecule has 1 fully saturated rings. The topological polar surface area (TPSA) is 55.4 Å². The van der Waals surface area contributed by atoms with Crippen LogP contribution in [0.5, 0.6) is 0 Å². The lowest BCUT2D eigenvalue weighted by molar-refractivity contribution is -0.144. The van der Waals surface area contributed by atoms with Gasteiger partial charge in [-0.1, -0.05) is 19.1 Å². The van der Waals surface area contributed by atoms with E-state index in [1.54, 1.807) is 6.07 Å². The SMILES string of the molecule is CCc1ccc(C(=O)COC(=O)C2CCCN2)cc1C. The Morgan fingerprint density at radius 3 is 2.80 bits per heavy atom. The molecular weight excluding hydrogens is 254 g/mol. The van der Waals surface area contributed by atoms with Crippen molar-refractivity contribution in [3.05, 3.63) is 34.9 Å². The van der Waals surface area contributed by atoms with Gasteiger partial charge in [0.25, 0.3) is 0 Å². The number of hydrogen-bond acceptors (Lipinski definition) is 4. The van der Waals surface area contributed by atoms with E-state index in [-0.39, 0.29) is 24.4 Å². The molecule has 0 amide bonds. The highest BCUT2D eigenvalue weighted by Gasteiger charge is 2.24. The first-order chi connectivity index (χ1) is 9.61. The molecule has 0 bridgehead atoms. The molecule has 0 radical (unpaired) electrons. The summed E-state index contributed by atoms with van der Waals surface area (Å²) in [5.74, 6) is -0.472. The second-order valence-corrected chi connectivity index (χ2v) is 5.17. The fourth-order valence-electron chi connectivity index (χ4n) is 2.47. The van der Waals surface area contributed by atoms with Gasteiger partial charge < -0.3 is 10.1 Å². The molecule has 4 heteroatoms. The summed E-state index contributed by atoms with van der Waals surface area (Å²) < 4.78 is 5.09. The van der Waals surface area contributed by atoms with Gasteiger partial charge in [0.05, 0.1) is 0 Å². The largest absolute Gasteiger partial charge is 0.456 e. The molecule has 1 saturated heterocycles. The Kier molecular flexibility index (Phi) is 4.90. The minimum absolute atomic E-state index is 0.151. The quantitative estimate of drug-likeness (QED) is 0.660. The van der Waals surface area contributed by atoms with Gasteiger partial charge in [0.2, 0.25) is 0 Å². The second kappa shape index (κ2) is 6.66. The molecule has 1 atom stereocenters. The normalized spacial score (nSPS) is 18.0. The molecule has 4 nitrogen and oxygen atoms in total. The average molecular weight is 275 g/mol. The van der Waals surface area contributed by atoms with Crippen LogP contribution in [0.2, 0.25) is 0 Å². The highest BCUT2D eigenvalue weighted by atomic mass is 16.5. The number of ether oxygens (including phenoxy) is 1. The molecule has 108 valence electrons. The maximum absolute atomic E-state index is 12.0. The minimum Gasteiger partial charge on any atom is -0.456 e. The molecule has 0 saturated carbocycles. The minimum atomic E-state index is -0.322. The third-order valence-corrected chi connectivity index (χ3v) is 3.74. The summed E-state index contributed by atoms with van der Waals surface area (Å²) >= 11 is 0. The molecule has 1 aromatic rings. The van der Waals surface area contributed by atoms with E-state index < -0.39 is 0 Å². The first-order valence-corrected chi connectivity index (χ1v) is 7.14. The van der Waals surface area contributed by atoms with Crippen molar-refractivity contribution in [3.63, 3.8) is 0 Å². The van der Waals surface area contributed by atoms with Crippen LogP contribution >= 0.6 is 0 Å². The van der Waals surface area contributed by atoms with Crippen molar-refractivity contribution < 1.29 is 14.3 Å². The highest BCUT2D eigenvalue weighted by Crippen LogP contribution is 2.13. The predicted molar refractivity (Wildman–Crippen MR) is 76.9 cm³/mol. The second-order valence-electron chi connectivity index (χ2n) is 5.17. The van der Waals surface area contributed by atoms with Gasteiger partial charge in [-0.3, -0.25) is 9.59 Å². The number of carbonyl (C=O) groups is 2. The van der Waals surface area contributed by atoms with E-state index in [4.69, 9.17) is 4.74 Å². The van der Waals surface area contributed by atoms with Gasteiger partial charge in [-0.15, -0.1) is 0 Å². The van der Waals surface area contributed by atoms with Crippen molar-refractivity contribution in [2.45, 2.75) is 39.2 Å². The number of ketones is 1. The van der Waals surface area contributed by atoms with Gasteiger partial charge in [-0.05, 0) is 49.9 Å². The molecule has 1 N–H and O–H groups in total. The van der Waals surface area contributed by atoms with Crippen molar-refractivity contribution in [1.82, 2.24) is 5.32 Å². The number of aryl methyl sites for hydroxylation is 2. The van der Waals surface area contributed by atoms with E-state index in [2.05, 4.69) is 12.2 Å². The third kappa shape index (κ3) is 3.45. The molecule has 0 aliphatic carbocycles. The fraction of sp³-hybridized carbons (Fsp3) is 0.500. The zero-order chi connectivity index (χ0) is 14.5. The van der Waals surface area contributed by atoms with Gasteiger partial charge >= 0.3 is 5.97 Å². The first kappa shape index (κ1) is 14.7. The summed E-state index contributed by atoms with van der Waals surface area (Å²) in [6, 6.07) is 5.38. The zero-order valence-electron chi connectivity index (χ0n) is 12.1. The number of Topliss-reactive ketones (excluding diaryl/α,β-unsaturated/α-hetero) is 1. The van der Waals surface area contributed by atoms with Crippen LogP contribution in [0.25, 0.3) is 0 Å². The number of carbonyl (C=O) groups excluding carboxylic acids is 2. The van der Waals surface area contributed by atoms with Crippen LogP contribution in [0.4, 0.5) is 0 Å². The van der Waals surface area contributed by atoms with Crippen LogP contribution in [0.1, 0.15) is 41.3 Å². The average Bonchev–Trinajstić information content (AvgIpc) is 2.98. The number of esters is 1. The smallest absolute Gasteiger partial charge is 0.323 e. The van der Waals surface area contributed by atoms with Gasteiger partial charge in [-0.25, -0.2) is 0 Å². The monoisotopic (exact) mass is 275 g/mol. The number of nitrogens with one attached hydrogen (secondary N) is 1.